The van der Waals surface area contributed by atoms with Gasteiger partial charge >= 0.3 is 5.97 Å². The molecule has 2 aromatic rings. The Bertz CT molecular complexity index is 1000. The van der Waals surface area contributed by atoms with E-state index in [4.69, 9.17) is 11.6 Å². The van der Waals surface area contributed by atoms with Crippen molar-refractivity contribution in [1.29, 1.82) is 0 Å². The number of halogens is 1. The average Bonchev–Trinajstić information content (AvgIpc) is 3.17. The molecule has 0 radical (unpaired) electrons. The summed E-state index contributed by atoms with van der Waals surface area (Å²) in [7, 11) is 0. The molecule has 1 aromatic heterocycles. The fourth-order valence-electron chi connectivity index (χ4n) is 5.85. The minimum atomic E-state index is -0.960. The molecule has 1 amide bonds. The van der Waals surface area contributed by atoms with Crippen molar-refractivity contribution >= 4 is 29.3 Å². The Labute approximate surface area is 206 Å². The Kier molecular flexibility index (Phi) is 7.17. The summed E-state index contributed by atoms with van der Waals surface area (Å²) in [6.07, 6.45) is 6.36. The Morgan fingerprint density at radius 1 is 1.06 bits per heavy atom. The third-order valence-corrected chi connectivity index (χ3v) is 7.54. The van der Waals surface area contributed by atoms with Gasteiger partial charge in [-0.3, -0.25) is 4.79 Å². The van der Waals surface area contributed by atoms with E-state index in [1.165, 1.54) is 0 Å². The molecule has 6 nitrogen and oxygen atoms in total. The van der Waals surface area contributed by atoms with Gasteiger partial charge < -0.3 is 15.3 Å². The van der Waals surface area contributed by atoms with Crippen molar-refractivity contribution < 1.29 is 14.7 Å². The summed E-state index contributed by atoms with van der Waals surface area (Å²) >= 11 is 6.05. The second-order valence-electron chi connectivity index (χ2n) is 10.6. The molecule has 1 aromatic carbocycles. The molecule has 4 rings (SSSR count). The van der Waals surface area contributed by atoms with Crippen LogP contribution in [0, 0.1) is 17.3 Å². The van der Waals surface area contributed by atoms with Gasteiger partial charge in [0.15, 0.2) is 0 Å². The summed E-state index contributed by atoms with van der Waals surface area (Å²) in [6.45, 7) is 6.15. The smallest absolute Gasteiger partial charge is 0.326 e. The average molecular weight is 484 g/mol. The van der Waals surface area contributed by atoms with Crippen molar-refractivity contribution in [2.45, 2.75) is 71.0 Å². The van der Waals surface area contributed by atoms with Crippen LogP contribution >= 0.6 is 11.6 Å². The third-order valence-electron chi connectivity index (χ3n) is 7.31. The van der Waals surface area contributed by atoms with Crippen LogP contribution < -0.4 is 5.32 Å². The number of likely N-dealkylation sites (tertiary alicyclic amines) is 1. The van der Waals surface area contributed by atoms with Crippen molar-refractivity contribution in [3.63, 3.8) is 0 Å². The summed E-state index contributed by atoms with van der Waals surface area (Å²) in [6, 6.07) is 11.6. The monoisotopic (exact) mass is 483 g/mol. The van der Waals surface area contributed by atoms with Crippen molar-refractivity contribution in [2.75, 3.05) is 5.32 Å². The van der Waals surface area contributed by atoms with Crippen LogP contribution in [0.25, 0.3) is 0 Å². The van der Waals surface area contributed by atoms with E-state index in [0.29, 0.717) is 10.8 Å². The minimum Gasteiger partial charge on any atom is -0.480 e. The number of amides is 1. The van der Waals surface area contributed by atoms with Crippen molar-refractivity contribution in [3.8, 4) is 0 Å². The van der Waals surface area contributed by atoms with Gasteiger partial charge in [0.2, 0.25) is 5.91 Å². The zero-order chi connectivity index (χ0) is 24.5. The third kappa shape index (κ3) is 4.92. The Hall–Kier alpha value is -2.60. The number of hydrogen-bond acceptors (Lipinski definition) is 4. The highest BCUT2D eigenvalue weighted by atomic mass is 35.5. The number of nitrogens with zero attached hydrogens (tertiary/aromatic N) is 2. The molecule has 2 fully saturated rings. The fourth-order valence-corrected chi connectivity index (χ4v) is 5.96. The van der Waals surface area contributed by atoms with Crippen LogP contribution in [0.2, 0.25) is 5.02 Å². The van der Waals surface area contributed by atoms with Gasteiger partial charge in [-0.1, -0.05) is 82.0 Å². The lowest BCUT2D eigenvalue weighted by molar-refractivity contribution is -0.154. The van der Waals surface area contributed by atoms with Crippen molar-refractivity contribution in [2.24, 2.45) is 17.3 Å². The van der Waals surface area contributed by atoms with E-state index in [1.54, 1.807) is 23.2 Å². The standard InChI is InChI=1S/C27H34ClN3O3/c1-27(2,3)21-22(30-20-15-14-19(28)16-29-20)23(17-10-6-4-7-11-17)31(24(21)26(33)34)25(32)18-12-8-5-9-13-18/h4,6-7,10-11,14-16,18,21-24H,5,8-9,12-13H2,1-3H3,(H,29,30)(H,33,34)/t21-,22-,23-,24-/m1/s1. The molecule has 2 aliphatic rings. The van der Waals surface area contributed by atoms with E-state index in [-0.39, 0.29) is 29.2 Å². The van der Waals surface area contributed by atoms with Crippen LogP contribution in [0.4, 0.5) is 5.82 Å². The topological polar surface area (TPSA) is 82.5 Å². The molecule has 34 heavy (non-hydrogen) atoms. The minimum absolute atomic E-state index is 0.0384. The maximum atomic E-state index is 14.0. The largest absolute Gasteiger partial charge is 0.480 e. The van der Waals surface area contributed by atoms with E-state index in [0.717, 1.165) is 37.7 Å². The number of nitrogens with one attached hydrogen (secondary N) is 1. The molecule has 182 valence electrons. The van der Waals surface area contributed by atoms with Gasteiger partial charge in [0, 0.05) is 18.0 Å². The molecule has 2 N–H and O–H groups in total. The number of anilines is 1. The molecule has 1 saturated carbocycles. The molecule has 1 aliphatic carbocycles. The lowest BCUT2D eigenvalue weighted by Gasteiger charge is -2.36. The van der Waals surface area contributed by atoms with Gasteiger partial charge in [0.25, 0.3) is 0 Å². The van der Waals surface area contributed by atoms with Gasteiger partial charge in [-0.25, -0.2) is 9.78 Å². The second-order valence-corrected chi connectivity index (χ2v) is 11.1. The van der Waals surface area contributed by atoms with Gasteiger partial charge in [0.05, 0.1) is 17.1 Å². The van der Waals surface area contributed by atoms with E-state index in [1.807, 2.05) is 51.1 Å². The second kappa shape index (κ2) is 9.95. The zero-order valence-corrected chi connectivity index (χ0v) is 20.8. The van der Waals surface area contributed by atoms with Crippen molar-refractivity contribution in [1.82, 2.24) is 9.88 Å². The summed E-state index contributed by atoms with van der Waals surface area (Å²) in [5.41, 5.74) is 0.540. The summed E-state index contributed by atoms with van der Waals surface area (Å²) in [4.78, 5) is 33.0. The molecule has 0 unspecified atom stereocenters. The predicted molar refractivity (Wildman–Crippen MR) is 134 cm³/mol. The van der Waals surface area contributed by atoms with E-state index in [2.05, 4.69) is 10.3 Å². The van der Waals surface area contributed by atoms with E-state index in [9.17, 15) is 14.7 Å². The van der Waals surface area contributed by atoms with E-state index < -0.39 is 18.1 Å². The molecule has 1 saturated heterocycles. The molecule has 0 bridgehead atoms. The summed E-state index contributed by atoms with van der Waals surface area (Å²) in [5.74, 6) is -0.863. The first kappa shape index (κ1) is 24.5. The highest BCUT2D eigenvalue weighted by Gasteiger charge is 2.58. The number of rotatable bonds is 5. The van der Waals surface area contributed by atoms with Gasteiger partial charge in [-0.2, -0.15) is 0 Å². The number of carbonyl (C=O) groups is 2. The van der Waals surface area contributed by atoms with Crippen LogP contribution in [0.3, 0.4) is 0 Å². The number of benzene rings is 1. The number of hydrogen-bond donors (Lipinski definition) is 2. The highest BCUT2D eigenvalue weighted by Crippen LogP contribution is 2.50. The Balaban J connectivity index is 1.85. The number of pyridine rings is 1. The summed E-state index contributed by atoms with van der Waals surface area (Å²) < 4.78 is 0. The Morgan fingerprint density at radius 3 is 2.29 bits per heavy atom. The zero-order valence-electron chi connectivity index (χ0n) is 20.1. The first-order chi connectivity index (χ1) is 16.2. The SMILES string of the molecule is CC(C)(C)[C@@H]1[C@@H](Nc2ccc(Cl)cn2)[C@@H](c2ccccc2)N(C(=O)C2CCCCC2)[C@H]1C(=O)O. The van der Waals surface area contributed by atoms with Crippen LogP contribution in [-0.2, 0) is 9.59 Å². The first-order valence-corrected chi connectivity index (χ1v) is 12.5. The number of aromatic nitrogens is 1. The highest BCUT2D eigenvalue weighted by molar-refractivity contribution is 6.30. The van der Waals surface area contributed by atoms with E-state index >= 15 is 0 Å². The lowest BCUT2D eigenvalue weighted by Crippen LogP contribution is -2.49. The lowest BCUT2D eigenvalue weighted by atomic mass is 9.72. The normalized spacial score (nSPS) is 25.8. The molecule has 2 heterocycles. The number of carboxylic acids is 1. The van der Waals surface area contributed by atoms with Gasteiger partial charge in [-0.15, -0.1) is 0 Å². The maximum absolute atomic E-state index is 14.0. The van der Waals surface area contributed by atoms with Crippen LogP contribution in [-0.4, -0.2) is 39.0 Å². The summed E-state index contributed by atoms with van der Waals surface area (Å²) in [5, 5.41) is 14.5. The molecule has 4 atom stereocenters. The van der Waals surface area contributed by atoms with Gasteiger partial charge in [-0.05, 0) is 36.0 Å². The molecular formula is C27H34ClN3O3. The fraction of sp³-hybridized carbons (Fsp3) is 0.519. The molecular weight excluding hydrogens is 450 g/mol. The Morgan fingerprint density at radius 2 is 1.74 bits per heavy atom. The van der Waals surface area contributed by atoms with Crippen LogP contribution in [0.1, 0.15) is 64.5 Å². The number of carboxylic acid groups (broad SMARTS) is 1. The molecule has 7 heteroatoms. The first-order valence-electron chi connectivity index (χ1n) is 12.2. The van der Waals surface area contributed by atoms with Gasteiger partial charge in [0.1, 0.15) is 11.9 Å². The molecule has 0 spiro atoms. The van der Waals surface area contributed by atoms with Crippen LogP contribution in [0.15, 0.2) is 48.7 Å². The predicted octanol–water partition coefficient (Wildman–Crippen LogP) is 5.79. The quantitative estimate of drug-likeness (QED) is 0.562. The number of carbonyl (C=O) groups excluding carboxylic acids is 1. The van der Waals surface area contributed by atoms with Crippen LogP contribution in [0.5, 0.6) is 0 Å². The number of aliphatic carboxylic acids is 1. The molecule has 1 aliphatic heterocycles. The van der Waals surface area contributed by atoms with Crippen molar-refractivity contribution in [3.05, 3.63) is 59.2 Å². The maximum Gasteiger partial charge on any atom is 0.326 e.